The normalized spacial score (nSPS) is 9.40. The topological polar surface area (TPSA) is 20.2 Å². The first-order chi connectivity index (χ1) is 4.88. The molecule has 1 rings (SSSR count). The van der Waals surface area contributed by atoms with Gasteiger partial charge in [-0.05, 0) is 17.8 Å². The van der Waals surface area contributed by atoms with Gasteiger partial charge in [-0.25, -0.2) is 0 Å². The summed E-state index contributed by atoms with van der Waals surface area (Å²) in [4.78, 5) is 1.10. The van der Waals surface area contributed by atoms with Crippen molar-refractivity contribution < 1.29 is 5.02 Å². The Morgan fingerprint density at radius 1 is 1.40 bits per heavy atom. The lowest BCUT2D eigenvalue weighted by Crippen LogP contribution is -2.15. The molecule has 51 valence electrons. The van der Waals surface area contributed by atoms with Crippen LogP contribution < -0.4 is 5.46 Å². The smallest absolute Gasteiger partial charge is 0.327 e. The van der Waals surface area contributed by atoms with Gasteiger partial charge in [0.05, 0.1) is 0 Å². The molecule has 1 radical (unpaired) electrons. The summed E-state index contributed by atoms with van der Waals surface area (Å²) in [6.07, 6.45) is 1.99. The lowest BCUT2D eigenvalue weighted by atomic mass is 9.89. The molecule has 0 aliphatic carbocycles. The van der Waals surface area contributed by atoms with Crippen molar-refractivity contribution in [3.8, 4) is 0 Å². The maximum absolute atomic E-state index is 8.71. The predicted molar refractivity (Wildman–Crippen MR) is 45.8 cm³/mol. The molecule has 0 saturated carbocycles. The molecule has 0 atom stereocenters. The second kappa shape index (κ2) is 3.69. The number of hydrogen-bond acceptors (Lipinski definition) is 2. The zero-order valence-corrected chi connectivity index (χ0v) is 6.56. The first-order valence-corrected chi connectivity index (χ1v) is 4.21. The third-order valence-corrected chi connectivity index (χ3v) is 2.09. The molecule has 0 unspecified atom stereocenters. The molecule has 1 aromatic carbocycles. The molecular formula is C7H8BOS. The fourth-order valence-electron chi connectivity index (χ4n) is 0.773. The average Bonchev–Trinajstić information content (AvgIpc) is 2.04. The summed E-state index contributed by atoms with van der Waals surface area (Å²) in [5.41, 5.74) is 0.884. The van der Waals surface area contributed by atoms with Gasteiger partial charge in [-0.15, -0.1) is 11.8 Å². The third kappa shape index (κ3) is 1.55. The van der Waals surface area contributed by atoms with E-state index in [2.05, 4.69) is 0 Å². The van der Waals surface area contributed by atoms with Gasteiger partial charge >= 0.3 is 7.48 Å². The molecule has 10 heavy (non-hydrogen) atoms. The monoisotopic (exact) mass is 151 g/mol. The van der Waals surface area contributed by atoms with Crippen LogP contribution in [0.15, 0.2) is 29.2 Å². The number of thioether (sulfide) groups is 1. The van der Waals surface area contributed by atoms with Crippen LogP contribution in [0, 0.1) is 0 Å². The average molecular weight is 151 g/mol. The highest BCUT2D eigenvalue weighted by atomic mass is 32.2. The van der Waals surface area contributed by atoms with Crippen LogP contribution in [0.4, 0.5) is 0 Å². The highest BCUT2D eigenvalue weighted by molar-refractivity contribution is 7.98. The maximum Gasteiger partial charge on any atom is 0.327 e. The van der Waals surface area contributed by atoms with E-state index < -0.39 is 0 Å². The van der Waals surface area contributed by atoms with Crippen molar-refractivity contribution in [1.29, 1.82) is 0 Å². The molecule has 0 spiro atoms. The summed E-state index contributed by atoms with van der Waals surface area (Å²) < 4.78 is 0. The third-order valence-electron chi connectivity index (χ3n) is 1.28. The van der Waals surface area contributed by atoms with Crippen LogP contribution in [-0.2, 0) is 0 Å². The van der Waals surface area contributed by atoms with Gasteiger partial charge in [0, 0.05) is 4.90 Å². The van der Waals surface area contributed by atoms with E-state index >= 15 is 0 Å². The van der Waals surface area contributed by atoms with Gasteiger partial charge in [0.1, 0.15) is 0 Å². The lowest BCUT2D eigenvalue weighted by molar-refractivity contribution is 0.614. The quantitative estimate of drug-likeness (QED) is 0.494. The summed E-state index contributed by atoms with van der Waals surface area (Å²) in [5.74, 6) is 0. The van der Waals surface area contributed by atoms with Crippen molar-refractivity contribution in [2.24, 2.45) is 0 Å². The molecule has 1 nitrogen and oxygen atoms in total. The molecule has 0 aliphatic heterocycles. The molecule has 3 heteroatoms. The largest absolute Gasteiger partial charge is 0.450 e. The molecule has 0 saturated heterocycles. The SMILES string of the molecule is CSc1ccccc1[B]O. The van der Waals surface area contributed by atoms with Crippen LogP contribution in [0.5, 0.6) is 0 Å². The van der Waals surface area contributed by atoms with Crippen molar-refractivity contribution in [2.75, 3.05) is 6.26 Å². The summed E-state index contributed by atoms with van der Waals surface area (Å²) in [6.45, 7) is 0. The van der Waals surface area contributed by atoms with Crippen molar-refractivity contribution in [3.05, 3.63) is 24.3 Å². The number of rotatable bonds is 2. The first-order valence-electron chi connectivity index (χ1n) is 2.99. The van der Waals surface area contributed by atoms with E-state index in [1.807, 2.05) is 30.5 Å². The van der Waals surface area contributed by atoms with Crippen molar-refractivity contribution in [1.82, 2.24) is 0 Å². The van der Waals surface area contributed by atoms with Gasteiger partial charge < -0.3 is 5.02 Å². The molecule has 0 fully saturated rings. The minimum atomic E-state index is 0.884. The second-order valence-corrected chi connectivity index (χ2v) is 2.72. The fraction of sp³-hybridized carbons (Fsp3) is 0.143. The summed E-state index contributed by atoms with van der Waals surface area (Å²) in [5, 5.41) is 8.71. The Hall–Kier alpha value is -0.405. The molecular weight excluding hydrogens is 143 g/mol. The number of benzene rings is 1. The Kier molecular flexibility index (Phi) is 2.84. The predicted octanol–water partition coefficient (Wildman–Crippen LogP) is 0.645. The molecule has 0 aromatic heterocycles. The van der Waals surface area contributed by atoms with Crippen LogP contribution >= 0.6 is 11.8 Å². The van der Waals surface area contributed by atoms with Crippen LogP contribution in [0.2, 0.25) is 0 Å². The van der Waals surface area contributed by atoms with Crippen LogP contribution in [0.1, 0.15) is 0 Å². The van der Waals surface area contributed by atoms with Crippen LogP contribution in [-0.4, -0.2) is 18.8 Å². The van der Waals surface area contributed by atoms with E-state index in [4.69, 9.17) is 5.02 Å². The Labute approximate surface area is 65.7 Å². The van der Waals surface area contributed by atoms with E-state index in [-0.39, 0.29) is 0 Å². The van der Waals surface area contributed by atoms with Crippen molar-refractivity contribution in [3.63, 3.8) is 0 Å². The van der Waals surface area contributed by atoms with Gasteiger partial charge in [-0.3, -0.25) is 0 Å². The van der Waals surface area contributed by atoms with E-state index in [1.165, 1.54) is 0 Å². The number of hydrogen-bond donors (Lipinski definition) is 1. The Bertz CT molecular complexity index is 192. The highest BCUT2D eigenvalue weighted by Gasteiger charge is 1.98. The lowest BCUT2D eigenvalue weighted by Gasteiger charge is -2.00. The molecule has 1 aromatic rings. The molecule has 0 aliphatic rings. The highest BCUT2D eigenvalue weighted by Crippen LogP contribution is 2.09. The van der Waals surface area contributed by atoms with Crippen molar-refractivity contribution in [2.45, 2.75) is 4.90 Å². The van der Waals surface area contributed by atoms with Gasteiger partial charge in [0.15, 0.2) is 0 Å². The van der Waals surface area contributed by atoms with Gasteiger partial charge in [-0.2, -0.15) is 0 Å². The van der Waals surface area contributed by atoms with Crippen LogP contribution in [0.25, 0.3) is 0 Å². The van der Waals surface area contributed by atoms with E-state index in [1.54, 1.807) is 11.8 Å². The van der Waals surface area contributed by atoms with E-state index in [0.29, 0.717) is 0 Å². The Morgan fingerprint density at radius 3 is 2.60 bits per heavy atom. The maximum atomic E-state index is 8.71. The van der Waals surface area contributed by atoms with Gasteiger partial charge in [0.2, 0.25) is 0 Å². The molecule has 1 N–H and O–H groups in total. The van der Waals surface area contributed by atoms with Crippen molar-refractivity contribution >= 4 is 24.7 Å². The zero-order valence-electron chi connectivity index (χ0n) is 5.74. The fourth-order valence-corrected chi connectivity index (χ4v) is 1.34. The second-order valence-electron chi connectivity index (χ2n) is 1.87. The minimum Gasteiger partial charge on any atom is -0.450 e. The molecule has 0 heterocycles. The van der Waals surface area contributed by atoms with Gasteiger partial charge in [-0.1, -0.05) is 18.2 Å². The standard InChI is InChI=1S/C7H8BOS/c1-10-7-5-3-2-4-6(7)8-9/h2-5,9H,1H3. The zero-order chi connectivity index (χ0) is 7.40. The Morgan fingerprint density at radius 2 is 2.10 bits per heavy atom. The van der Waals surface area contributed by atoms with E-state index in [0.717, 1.165) is 17.8 Å². The van der Waals surface area contributed by atoms with Crippen LogP contribution in [0.3, 0.4) is 0 Å². The molecule has 0 amide bonds. The van der Waals surface area contributed by atoms with E-state index in [9.17, 15) is 0 Å². The first kappa shape index (κ1) is 7.70. The summed E-state index contributed by atoms with van der Waals surface area (Å²) in [7, 11) is 1.13. The minimum absolute atomic E-state index is 0.884. The molecule has 0 bridgehead atoms. The Balaban J connectivity index is 2.96. The summed E-state index contributed by atoms with van der Waals surface area (Å²) >= 11 is 1.63. The summed E-state index contributed by atoms with van der Waals surface area (Å²) in [6, 6.07) is 7.72. The van der Waals surface area contributed by atoms with Gasteiger partial charge in [0.25, 0.3) is 0 Å².